The molecule has 0 saturated heterocycles. The van der Waals surface area contributed by atoms with Crippen molar-refractivity contribution >= 4 is 5.91 Å². The molecule has 2 N–H and O–H groups in total. The van der Waals surface area contributed by atoms with E-state index in [-0.39, 0.29) is 11.1 Å². The zero-order chi connectivity index (χ0) is 18.5. The molecule has 0 heterocycles. The number of nitrogens with one attached hydrogen (secondary N) is 1. The van der Waals surface area contributed by atoms with Crippen LogP contribution in [0.5, 0.6) is 0 Å². The third-order valence-corrected chi connectivity index (χ3v) is 3.98. The molecule has 3 nitrogen and oxygen atoms in total. The van der Waals surface area contributed by atoms with Gasteiger partial charge in [-0.25, -0.2) is 0 Å². The zero-order valence-corrected chi connectivity index (χ0v) is 13.8. The predicted octanol–water partition coefficient (Wildman–Crippen LogP) is 3.82. The maximum Gasteiger partial charge on any atom is 0.423 e. The van der Waals surface area contributed by atoms with Crippen molar-refractivity contribution in [2.75, 3.05) is 6.54 Å². The molecule has 25 heavy (non-hydrogen) atoms. The van der Waals surface area contributed by atoms with Crippen LogP contribution in [0.25, 0.3) is 0 Å². The van der Waals surface area contributed by atoms with E-state index in [9.17, 15) is 23.1 Å². The van der Waals surface area contributed by atoms with Crippen LogP contribution in [0, 0.1) is 0 Å². The largest absolute Gasteiger partial charge is 0.423 e. The van der Waals surface area contributed by atoms with Gasteiger partial charge in [-0.05, 0) is 29.7 Å². The number of benzene rings is 2. The van der Waals surface area contributed by atoms with Gasteiger partial charge in [0.15, 0.2) is 0 Å². The number of aryl methyl sites for hydroxylation is 1. The molecule has 0 aliphatic heterocycles. The number of carbonyl (C=O) groups is 1. The van der Waals surface area contributed by atoms with Gasteiger partial charge in [-0.2, -0.15) is 13.2 Å². The molecule has 0 aliphatic carbocycles. The quantitative estimate of drug-likeness (QED) is 0.831. The minimum absolute atomic E-state index is 0.248. The molecule has 2 aromatic carbocycles. The van der Waals surface area contributed by atoms with Crippen LogP contribution >= 0.6 is 0 Å². The predicted molar refractivity (Wildman–Crippen MR) is 89.2 cm³/mol. The maximum absolute atomic E-state index is 13.4. The Hall–Kier alpha value is -2.34. The first-order chi connectivity index (χ1) is 11.8. The summed E-state index contributed by atoms with van der Waals surface area (Å²) in [5.74, 6) is -0.665. The highest BCUT2D eigenvalue weighted by Gasteiger charge is 2.55. The molecule has 0 fully saturated rings. The van der Waals surface area contributed by atoms with Gasteiger partial charge in [0.25, 0.3) is 5.91 Å². The lowest BCUT2D eigenvalue weighted by Gasteiger charge is -2.31. The normalized spacial score (nSPS) is 14.0. The topological polar surface area (TPSA) is 49.3 Å². The fourth-order valence-electron chi connectivity index (χ4n) is 2.50. The lowest BCUT2D eigenvalue weighted by Crippen LogP contribution is -2.51. The molecule has 0 saturated carbocycles. The van der Waals surface area contributed by atoms with Crippen molar-refractivity contribution in [3.63, 3.8) is 0 Å². The summed E-state index contributed by atoms with van der Waals surface area (Å²) in [6, 6.07) is 13.4. The summed E-state index contributed by atoms with van der Waals surface area (Å²) in [5.41, 5.74) is -2.17. The Bertz CT molecular complexity index is 699. The summed E-state index contributed by atoms with van der Waals surface area (Å²) in [5, 5.41) is 12.4. The molecular weight excluding hydrogens is 331 g/mol. The Labute approximate surface area is 144 Å². The first kappa shape index (κ1) is 19.0. The van der Waals surface area contributed by atoms with Crippen molar-refractivity contribution in [1.29, 1.82) is 0 Å². The number of carbonyl (C=O) groups excluding carboxylic acids is 1. The van der Waals surface area contributed by atoms with Gasteiger partial charge in [0.2, 0.25) is 5.60 Å². The van der Waals surface area contributed by atoms with Gasteiger partial charge < -0.3 is 10.4 Å². The molecule has 0 aromatic heterocycles. The van der Waals surface area contributed by atoms with Gasteiger partial charge in [-0.1, -0.05) is 55.8 Å². The van der Waals surface area contributed by atoms with Crippen LogP contribution in [0.4, 0.5) is 13.2 Å². The second-order valence-corrected chi connectivity index (χ2v) is 5.85. The second-order valence-electron chi connectivity index (χ2n) is 5.85. The van der Waals surface area contributed by atoms with Crippen molar-refractivity contribution in [3.8, 4) is 0 Å². The number of hydrogen-bond acceptors (Lipinski definition) is 2. The molecule has 134 valence electrons. The van der Waals surface area contributed by atoms with Crippen LogP contribution in [-0.2, 0) is 12.0 Å². The molecule has 6 heteroatoms. The molecule has 1 unspecified atom stereocenters. The smallest absolute Gasteiger partial charge is 0.375 e. The summed E-state index contributed by atoms with van der Waals surface area (Å²) in [7, 11) is 0. The summed E-state index contributed by atoms with van der Waals surface area (Å²) in [6.07, 6.45) is -3.10. The number of hydrogen-bond donors (Lipinski definition) is 2. The van der Waals surface area contributed by atoms with Crippen LogP contribution in [0.2, 0.25) is 0 Å². The van der Waals surface area contributed by atoms with E-state index in [0.29, 0.717) is 0 Å². The van der Waals surface area contributed by atoms with Crippen LogP contribution < -0.4 is 5.32 Å². The van der Waals surface area contributed by atoms with Gasteiger partial charge in [0.1, 0.15) is 0 Å². The van der Waals surface area contributed by atoms with E-state index < -0.39 is 24.2 Å². The number of halogens is 3. The Kier molecular flexibility index (Phi) is 5.85. The first-order valence-corrected chi connectivity index (χ1v) is 7.99. The van der Waals surface area contributed by atoms with Crippen molar-refractivity contribution in [3.05, 3.63) is 71.3 Å². The molecule has 2 aromatic rings. The Morgan fingerprint density at radius 1 is 1.04 bits per heavy atom. The van der Waals surface area contributed by atoms with E-state index in [4.69, 9.17) is 0 Å². The van der Waals surface area contributed by atoms with E-state index in [0.717, 1.165) is 18.4 Å². The number of amides is 1. The fraction of sp³-hybridized carbons (Fsp3) is 0.316. The van der Waals surface area contributed by atoms with E-state index in [1.807, 2.05) is 6.92 Å². The average Bonchev–Trinajstić information content (AvgIpc) is 2.60. The van der Waals surface area contributed by atoms with Gasteiger partial charge in [-0.3, -0.25) is 4.79 Å². The summed E-state index contributed by atoms with van der Waals surface area (Å²) in [6.45, 7) is 1.07. The Morgan fingerprint density at radius 3 is 2.16 bits per heavy atom. The first-order valence-electron chi connectivity index (χ1n) is 7.99. The van der Waals surface area contributed by atoms with Gasteiger partial charge in [-0.15, -0.1) is 0 Å². The zero-order valence-electron chi connectivity index (χ0n) is 13.8. The fourth-order valence-corrected chi connectivity index (χ4v) is 2.50. The van der Waals surface area contributed by atoms with Crippen LogP contribution in [0.3, 0.4) is 0 Å². The minimum Gasteiger partial charge on any atom is -0.375 e. The second kappa shape index (κ2) is 7.70. The van der Waals surface area contributed by atoms with E-state index in [1.54, 1.807) is 30.3 Å². The summed E-state index contributed by atoms with van der Waals surface area (Å²) < 4.78 is 40.1. The molecule has 0 spiro atoms. The van der Waals surface area contributed by atoms with Gasteiger partial charge in [0.05, 0.1) is 6.54 Å². The van der Waals surface area contributed by atoms with E-state index >= 15 is 0 Å². The number of alkyl halides is 3. The molecule has 1 amide bonds. The summed E-state index contributed by atoms with van der Waals surface area (Å²) >= 11 is 0. The average molecular weight is 351 g/mol. The molecule has 0 aliphatic rings. The van der Waals surface area contributed by atoms with Crippen molar-refractivity contribution in [2.45, 2.75) is 31.5 Å². The van der Waals surface area contributed by atoms with Crippen LogP contribution in [0.1, 0.15) is 34.8 Å². The molecular formula is C19H20F3NO2. The SMILES string of the molecule is CCCc1ccc(C(=O)NCC(O)(c2ccccc2)C(F)(F)F)cc1. The van der Waals surface area contributed by atoms with Crippen molar-refractivity contribution in [1.82, 2.24) is 5.32 Å². The summed E-state index contributed by atoms with van der Waals surface area (Å²) in [4.78, 5) is 12.1. The minimum atomic E-state index is -4.92. The third kappa shape index (κ3) is 4.39. The van der Waals surface area contributed by atoms with E-state index in [1.165, 1.54) is 24.3 Å². The van der Waals surface area contributed by atoms with Gasteiger partial charge >= 0.3 is 6.18 Å². The third-order valence-electron chi connectivity index (χ3n) is 3.98. The van der Waals surface area contributed by atoms with Crippen molar-refractivity contribution < 1.29 is 23.1 Å². The maximum atomic E-state index is 13.4. The Morgan fingerprint density at radius 2 is 1.64 bits per heavy atom. The lowest BCUT2D eigenvalue weighted by molar-refractivity contribution is -0.263. The monoisotopic (exact) mass is 351 g/mol. The van der Waals surface area contributed by atoms with E-state index in [2.05, 4.69) is 5.32 Å². The highest BCUT2D eigenvalue weighted by Crippen LogP contribution is 2.38. The molecule has 0 radical (unpaired) electrons. The van der Waals surface area contributed by atoms with Crippen molar-refractivity contribution in [2.24, 2.45) is 0 Å². The number of aliphatic hydroxyl groups is 1. The highest BCUT2D eigenvalue weighted by atomic mass is 19.4. The van der Waals surface area contributed by atoms with Crippen LogP contribution in [-0.4, -0.2) is 23.7 Å². The lowest BCUT2D eigenvalue weighted by atomic mass is 9.93. The molecule has 0 bridgehead atoms. The molecule has 2 rings (SSSR count). The van der Waals surface area contributed by atoms with Crippen LogP contribution in [0.15, 0.2) is 54.6 Å². The molecule has 1 atom stereocenters. The van der Waals surface area contributed by atoms with Gasteiger partial charge in [0, 0.05) is 5.56 Å². The Balaban J connectivity index is 2.14. The highest BCUT2D eigenvalue weighted by molar-refractivity contribution is 5.94. The number of rotatable bonds is 6. The standard InChI is InChI=1S/C19H20F3NO2/c1-2-6-14-9-11-15(12-10-14)17(24)23-13-18(25,19(20,21)22)16-7-4-3-5-8-16/h3-5,7-12,25H,2,6,13H2,1H3,(H,23,24).